The molecule has 17 heavy (non-hydrogen) atoms. The first-order valence-corrected chi connectivity index (χ1v) is 5.30. The molecule has 1 aromatic rings. The van der Waals surface area contributed by atoms with Crippen LogP contribution in [-0.2, 0) is 4.74 Å². The molecular weight excluding hydrogens is 222 g/mol. The smallest absolute Gasteiger partial charge is 0.248 e. The Hall–Kier alpha value is -1.61. The maximum Gasteiger partial charge on any atom is 0.248 e. The third-order valence-corrected chi connectivity index (χ3v) is 2.85. The second kappa shape index (κ2) is 4.72. The van der Waals surface area contributed by atoms with Crippen LogP contribution in [0.4, 0.5) is 0 Å². The van der Waals surface area contributed by atoms with Gasteiger partial charge >= 0.3 is 0 Å². The van der Waals surface area contributed by atoms with E-state index in [1.807, 2.05) is 0 Å². The van der Waals surface area contributed by atoms with E-state index >= 15 is 0 Å². The van der Waals surface area contributed by atoms with E-state index in [0.29, 0.717) is 17.7 Å². The Labute approximate surface area is 98.1 Å². The van der Waals surface area contributed by atoms with Gasteiger partial charge in [0.2, 0.25) is 5.56 Å². The summed E-state index contributed by atoms with van der Waals surface area (Å²) in [5.41, 5.74) is 0.731. The first-order valence-electron chi connectivity index (χ1n) is 5.30. The summed E-state index contributed by atoms with van der Waals surface area (Å²) in [5, 5.41) is 18.6. The minimum Gasteiger partial charge on any atom is -0.394 e. The summed E-state index contributed by atoms with van der Waals surface area (Å²) >= 11 is 0. The molecule has 0 spiro atoms. The van der Waals surface area contributed by atoms with Crippen molar-refractivity contribution in [2.45, 2.75) is 24.7 Å². The Bertz CT molecular complexity index is 502. The molecule has 1 fully saturated rings. The molecule has 0 amide bonds. The van der Waals surface area contributed by atoms with Crippen LogP contribution in [0.3, 0.4) is 0 Å². The molecule has 5 heteroatoms. The van der Waals surface area contributed by atoms with Crippen molar-refractivity contribution >= 4 is 0 Å². The molecule has 90 valence electrons. The second-order valence-corrected chi connectivity index (χ2v) is 3.95. The molecule has 3 N–H and O–H groups in total. The number of pyridine rings is 1. The van der Waals surface area contributed by atoms with Gasteiger partial charge in [0.05, 0.1) is 24.5 Å². The van der Waals surface area contributed by atoms with E-state index in [2.05, 4.69) is 10.9 Å². The number of aromatic amines is 1. The van der Waals surface area contributed by atoms with E-state index < -0.39 is 18.3 Å². The predicted octanol–water partition coefficient (Wildman–Crippen LogP) is -0.461. The fourth-order valence-electron chi connectivity index (χ4n) is 1.97. The van der Waals surface area contributed by atoms with Crippen LogP contribution in [0.2, 0.25) is 0 Å². The third-order valence-electron chi connectivity index (χ3n) is 2.85. The zero-order chi connectivity index (χ0) is 12.4. The van der Waals surface area contributed by atoms with E-state index in [9.17, 15) is 9.90 Å². The van der Waals surface area contributed by atoms with Gasteiger partial charge in [-0.3, -0.25) is 4.79 Å². The van der Waals surface area contributed by atoms with E-state index in [1.165, 1.54) is 6.07 Å². The lowest BCUT2D eigenvalue weighted by molar-refractivity contribution is -0.0227. The van der Waals surface area contributed by atoms with Crippen molar-refractivity contribution in [3.8, 4) is 12.3 Å². The molecule has 5 nitrogen and oxygen atoms in total. The van der Waals surface area contributed by atoms with E-state index in [0.717, 1.165) is 0 Å². The number of aliphatic hydroxyl groups is 2. The lowest BCUT2D eigenvalue weighted by Crippen LogP contribution is -2.24. The number of hydrogen-bond donors (Lipinski definition) is 3. The SMILES string of the molecule is C#Cc1[nH]c(=O)ccc1[C@H]1C[C@H](O)[C@@H](CO)O1. The molecular formula is C12H13NO4. The monoisotopic (exact) mass is 235 g/mol. The Morgan fingerprint density at radius 1 is 1.59 bits per heavy atom. The zero-order valence-electron chi connectivity index (χ0n) is 9.09. The molecule has 0 saturated carbocycles. The Morgan fingerprint density at radius 3 is 2.94 bits per heavy atom. The number of aliphatic hydroxyl groups excluding tert-OH is 2. The fourth-order valence-corrected chi connectivity index (χ4v) is 1.97. The third kappa shape index (κ3) is 2.24. The molecule has 1 aliphatic rings. The summed E-state index contributed by atoms with van der Waals surface area (Å²) in [7, 11) is 0. The highest BCUT2D eigenvalue weighted by atomic mass is 16.5. The van der Waals surface area contributed by atoms with Crippen molar-refractivity contribution in [1.29, 1.82) is 0 Å². The summed E-state index contributed by atoms with van der Waals surface area (Å²) in [5.74, 6) is 2.38. The van der Waals surface area contributed by atoms with Gasteiger partial charge in [0, 0.05) is 18.1 Å². The van der Waals surface area contributed by atoms with Crippen LogP contribution in [0.1, 0.15) is 23.8 Å². The van der Waals surface area contributed by atoms with Crippen molar-refractivity contribution in [3.05, 3.63) is 33.7 Å². The number of hydrogen-bond acceptors (Lipinski definition) is 4. The number of ether oxygens (including phenoxy) is 1. The zero-order valence-corrected chi connectivity index (χ0v) is 9.09. The van der Waals surface area contributed by atoms with Crippen LogP contribution in [-0.4, -0.2) is 34.0 Å². The molecule has 1 aliphatic heterocycles. The van der Waals surface area contributed by atoms with Crippen molar-refractivity contribution in [3.63, 3.8) is 0 Å². The minimum absolute atomic E-state index is 0.244. The Kier molecular flexibility index (Phi) is 3.29. The molecule has 2 heterocycles. The van der Waals surface area contributed by atoms with Gasteiger partial charge < -0.3 is 19.9 Å². The van der Waals surface area contributed by atoms with E-state index in [-0.39, 0.29) is 12.2 Å². The number of nitrogens with one attached hydrogen (secondary N) is 1. The molecule has 0 radical (unpaired) electrons. The van der Waals surface area contributed by atoms with Gasteiger partial charge in [-0.05, 0) is 6.07 Å². The van der Waals surface area contributed by atoms with Crippen LogP contribution in [0.25, 0.3) is 0 Å². The maximum absolute atomic E-state index is 11.1. The van der Waals surface area contributed by atoms with Crippen molar-refractivity contribution < 1.29 is 14.9 Å². The first kappa shape index (κ1) is 11.9. The maximum atomic E-state index is 11.1. The molecule has 3 atom stereocenters. The summed E-state index contributed by atoms with van der Waals surface area (Å²) in [4.78, 5) is 13.7. The predicted molar refractivity (Wildman–Crippen MR) is 60.3 cm³/mol. The number of aromatic nitrogens is 1. The summed E-state index contributed by atoms with van der Waals surface area (Å²) in [6, 6.07) is 2.95. The number of H-pyrrole nitrogens is 1. The van der Waals surface area contributed by atoms with Crippen LogP contribution in [0.15, 0.2) is 16.9 Å². The second-order valence-electron chi connectivity index (χ2n) is 3.95. The first-order chi connectivity index (χ1) is 8.15. The summed E-state index contributed by atoms with van der Waals surface area (Å²) in [6.07, 6.45) is 3.94. The normalized spacial score (nSPS) is 27.9. The summed E-state index contributed by atoms with van der Waals surface area (Å²) < 4.78 is 5.47. The molecule has 0 bridgehead atoms. The van der Waals surface area contributed by atoms with Crippen LogP contribution >= 0.6 is 0 Å². The highest BCUT2D eigenvalue weighted by molar-refractivity contribution is 5.35. The lowest BCUT2D eigenvalue weighted by atomic mass is 10.0. The molecule has 0 unspecified atom stereocenters. The van der Waals surface area contributed by atoms with Gasteiger partial charge in [-0.1, -0.05) is 5.92 Å². The van der Waals surface area contributed by atoms with Gasteiger partial charge in [0.1, 0.15) is 6.10 Å². The molecule has 1 saturated heterocycles. The van der Waals surface area contributed by atoms with Gasteiger partial charge in [-0.2, -0.15) is 0 Å². The number of rotatable bonds is 2. The van der Waals surface area contributed by atoms with Crippen LogP contribution in [0, 0.1) is 12.3 Å². The fraction of sp³-hybridized carbons (Fsp3) is 0.417. The van der Waals surface area contributed by atoms with Crippen LogP contribution in [0.5, 0.6) is 0 Å². The highest BCUT2D eigenvalue weighted by Gasteiger charge is 2.35. The molecule has 2 rings (SSSR count). The highest BCUT2D eigenvalue weighted by Crippen LogP contribution is 2.33. The van der Waals surface area contributed by atoms with E-state index in [4.69, 9.17) is 16.3 Å². The molecule has 0 aliphatic carbocycles. The lowest BCUT2D eigenvalue weighted by Gasteiger charge is -2.13. The van der Waals surface area contributed by atoms with Crippen molar-refractivity contribution in [2.24, 2.45) is 0 Å². The van der Waals surface area contributed by atoms with Gasteiger partial charge in [-0.25, -0.2) is 0 Å². The minimum atomic E-state index is -0.720. The van der Waals surface area contributed by atoms with Crippen molar-refractivity contribution in [1.82, 2.24) is 4.98 Å². The van der Waals surface area contributed by atoms with Crippen LogP contribution < -0.4 is 5.56 Å². The summed E-state index contributed by atoms with van der Waals surface area (Å²) in [6.45, 7) is -0.244. The quantitative estimate of drug-likeness (QED) is 0.606. The average molecular weight is 235 g/mol. The average Bonchev–Trinajstić information content (AvgIpc) is 2.70. The molecule has 0 aromatic carbocycles. The van der Waals surface area contributed by atoms with Gasteiger partial charge in [-0.15, -0.1) is 6.42 Å². The van der Waals surface area contributed by atoms with Gasteiger partial charge in [0.25, 0.3) is 0 Å². The largest absolute Gasteiger partial charge is 0.394 e. The Morgan fingerprint density at radius 2 is 2.35 bits per heavy atom. The topological polar surface area (TPSA) is 82.6 Å². The van der Waals surface area contributed by atoms with E-state index in [1.54, 1.807) is 6.07 Å². The Balaban J connectivity index is 2.31. The molecule has 1 aromatic heterocycles. The number of terminal acetylenes is 1. The van der Waals surface area contributed by atoms with Crippen molar-refractivity contribution in [2.75, 3.05) is 6.61 Å². The van der Waals surface area contributed by atoms with Gasteiger partial charge in [0.15, 0.2) is 0 Å². The standard InChI is InChI=1S/C12H13NO4/c1-2-8-7(3-4-12(16)13-8)10-5-9(15)11(6-14)17-10/h1,3-4,9-11,14-15H,5-6H2,(H,13,16)/t9-,10+,11+/m0/s1.